The first-order valence-corrected chi connectivity index (χ1v) is 10.1. The number of likely N-dealkylation sites (tertiary alicyclic amines) is 1. The Morgan fingerprint density at radius 3 is 2.54 bits per heavy atom. The van der Waals surface area contributed by atoms with Crippen LogP contribution in [-0.2, 0) is 14.8 Å². The first kappa shape index (κ1) is 18.5. The zero-order chi connectivity index (χ0) is 18.8. The van der Waals surface area contributed by atoms with Gasteiger partial charge in [-0.2, -0.15) is 10.2 Å². The topological polar surface area (TPSA) is 91.2 Å². The smallest absolute Gasteiger partial charge is 0.240 e. The molecule has 138 valence electrons. The van der Waals surface area contributed by atoms with Crippen LogP contribution in [0.4, 0.5) is 0 Å². The maximum atomic E-state index is 12.3. The molecule has 1 aromatic rings. The van der Waals surface area contributed by atoms with Crippen LogP contribution < -0.4 is 4.72 Å². The van der Waals surface area contributed by atoms with Gasteiger partial charge in [0.2, 0.25) is 15.9 Å². The Morgan fingerprint density at radius 1 is 1.31 bits per heavy atom. The van der Waals surface area contributed by atoms with Crippen molar-refractivity contribution in [2.24, 2.45) is 10.2 Å². The van der Waals surface area contributed by atoms with Gasteiger partial charge < -0.3 is 4.90 Å². The zero-order valence-electron chi connectivity index (χ0n) is 14.7. The number of sulfonamides is 1. The van der Waals surface area contributed by atoms with Gasteiger partial charge in [-0.3, -0.25) is 4.79 Å². The van der Waals surface area contributed by atoms with E-state index in [0.717, 1.165) is 5.56 Å². The van der Waals surface area contributed by atoms with Gasteiger partial charge in [0.1, 0.15) is 0 Å². The summed E-state index contributed by atoms with van der Waals surface area (Å²) in [6.45, 7) is 2.67. The average molecular weight is 374 g/mol. The summed E-state index contributed by atoms with van der Waals surface area (Å²) in [7, 11) is -3.56. The van der Waals surface area contributed by atoms with Gasteiger partial charge in [-0.1, -0.05) is 17.7 Å². The highest BCUT2D eigenvalue weighted by molar-refractivity contribution is 7.89. The van der Waals surface area contributed by atoms with Gasteiger partial charge in [0.15, 0.2) is 5.66 Å². The van der Waals surface area contributed by atoms with Crippen molar-refractivity contribution >= 4 is 15.9 Å². The molecule has 0 radical (unpaired) electrons. The molecule has 0 saturated carbocycles. The molecule has 7 nitrogen and oxygen atoms in total. The zero-order valence-corrected chi connectivity index (χ0v) is 15.5. The van der Waals surface area contributed by atoms with Gasteiger partial charge in [-0.05, 0) is 19.1 Å². The lowest BCUT2D eigenvalue weighted by molar-refractivity contribution is -0.136. The third-order valence-corrected chi connectivity index (χ3v) is 6.22. The fourth-order valence-electron chi connectivity index (χ4n) is 2.89. The Balaban J connectivity index is 1.43. The number of nitrogens with zero attached hydrogens (tertiary/aromatic N) is 3. The van der Waals surface area contributed by atoms with Crippen molar-refractivity contribution in [3.63, 3.8) is 0 Å². The summed E-state index contributed by atoms with van der Waals surface area (Å²) in [5.41, 5.74) is 0.540. The molecule has 0 atom stereocenters. The number of benzene rings is 1. The highest BCUT2D eigenvalue weighted by Gasteiger charge is 2.41. The molecule has 2 heterocycles. The fourth-order valence-corrected chi connectivity index (χ4v) is 4.11. The average Bonchev–Trinajstić information content (AvgIpc) is 3.35. The largest absolute Gasteiger partial charge is 0.339 e. The van der Waals surface area contributed by atoms with Gasteiger partial charge >= 0.3 is 0 Å². The summed E-state index contributed by atoms with van der Waals surface area (Å²) in [4.78, 5) is 14.1. The molecular weight excluding hydrogens is 352 g/mol. The number of nitrogens with one attached hydrogen (secondary N) is 1. The molecule has 8 heteroatoms. The van der Waals surface area contributed by atoms with Gasteiger partial charge in [0, 0.05) is 38.8 Å². The summed E-state index contributed by atoms with van der Waals surface area (Å²) in [6, 6.07) is 6.43. The van der Waals surface area contributed by atoms with Crippen LogP contribution in [0, 0.1) is 19.3 Å². The first-order valence-electron chi connectivity index (χ1n) is 8.58. The van der Waals surface area contributed by atoms with Crippen LogP contribution >= 0.6 is 0 Å². The standard InChI is InChI=1S/C18H22N4O3S/c1-3-4-10-18(20-21-18)11-9-17(23)22-12-15(13-22)19-26(24,25)16-7-5-14(2)6-8-16/h1,5-8,15,19H,4,9-13H2,2H3. The summed E-state index contributed by atoms with van der Waals surface area (Å²) >= 11 is 0. The van der Waals surface area contributed by atoms with E-state index in [4.69, 9.17) is 6.42 Å². The molecule has 3 rings (SSSR count). The second-order valence-electron chi connectivity index (χ2n) is 6.82. The third kappa shape index (κ3) is 4.29. The lowest BCUT2D eigenvalue weighted by Gasteiger charge is -2.39. The minimum Gasteiger partial charge on any atom is -0.339 e. The maximum absolute atomic E-state index is 12.3. The summed E-state index contributed by atoms with van der Waals surface area (Å²) in [6.07, 6.45) is 7.42. The molecule has 1 fully saturated rings. The molecule has 26 heavy (non-hydrogen) atoms. The van der Waals surface area contributed by atoms with E-state index in [1.165, 1.54) is 0 Å². The molecule has 0 aromatic heterocycles. The van der Waals surface area contributed by atoms with Crippen molar-refractivity contribution in [2.45, 2.75) is 49.2 Å². The SMILES string of the molecule is C#CCCC1(CCC(=O)N2CC(NS(=O)(=O)c3ccc(C)cc3)C2)N=N1. The number of hydrogen-bond donors (Lipinski definition) is 1. The lowest BCUT2D eigenvalue weighted by atomic mass is 10.0. The van der Waals surface area contributed by atoms with E-state index in [-0.39, 0.29) is 16.8 Å². The molecular formula is C18H22N4O3S. The Bertz CT molecular complexity index is 843. The highest BCUT2D eigenvalue weighted by atomic mass is 32.2. The van der Waals surface area contributed by atoms with Crippen LogP contribution in [0.3, 0.4) is 0 Å². The Morgan fingerprint density at radius 2 is 1.96 bits per heavy atom. The van der Waals surface area contributed by atoms with Crippen LogP contribution in [0.2, 0.25) is 0 Å². The number of rotatable bonds is 8. The Kier molecular flexibility index (Phi) is 5.12. The summed E-state index contributed by atoms with van der Waals surface area (Å²) in [5, 5.41) is 8.03. The van der Waals surface area contributed by atoms with Crippen LogP contribution in [0.15, 0.2) is 39.4 Å². The molecule has 0 bridgehead atoms. The van der Waals surface area contributed by atoms with Crippen molar-refractivity contribution in [1.29, 1.82) is 0 Å². The lowest BCUT2D eigenvalue weighted by Crippen LogP contribution is -2.60. The number of carbonyl (C=O) groups excluding carboxylic acids is 1. The summed E-state index contributed by atoms with van der Waals surface area (Å²) in [5.74, 6) is 2.55. The molecule has 2 aliphatic rings. The summed E-state index contributed by atoms with van der Waals surface area (Å²) < 4.78 is 27.3. The van der Waals surface area contributed by atoms with Crippen LogP contribution in [0.5, 0.6) is 0 Å². The minimum absolute atomic E-state index is 0.00633. The molecule has 1 saturated heterocycles. The highest BCUT2D eigenvalue weighted by Crippen LogP contribution is 2.37. The quantitative estimate of drug-likeness (QED) is 0.704. The third-order valence-electron chi connectivity index (χ3n) is 4.68. The molecule has 1 N–H and O–H groups in total. The van der Waals surface area contributed by atoms with Crippen LogP contribution in [-0.4, -0.2) is 44.0 Å². The second kappa shape index (κ2) is 7.17. The number of aryl methyl sites for hydroxylation is 1. The predicted octanol–water partition coefficient (Wildman–Crippen LogP) is 1.84. The van der Waals surface area contributed by atoms with E-state index in [1.54, 1.807) is 29.2 Å². The van der Waals surface area contributed by atoms with E-state index in [1.807, 2.05) is 6.92 Å². The van der Waals surface area contributed by atoms with Crippen LogP contribution in [0.1, 0.15) is 31.2 Å². The first-order chi connectivity index (χ1) is 12.3. The van der Waals surface area contributed by atoms with E-state index >= 15 is 0 Å². The molecule has 2 aliphatic heterocycles. The number of hydrogen-bond acceptors (Lipinski definition) is 5. The number of amides is 1. The van der Waals surface area contributed by atoms with Gasteiger partial charge in [-0.15, -0.1) is 12.3 Å². The van der Waals surface area contributed by atoms with E-state index < -0.39 is 15.7 Å². The fraction of sp³-hybridized carbons (Fsp3) is 0.500. The van der Waals surface area contributed by atoms with Gasteiger partial charge in [0.05, 0.1) is 10.9 Å². The Labute approximate surface area is 153 Å². The van der Waals surface area contributed by atoms with Crippen molar-refractivity contribution in [3.8, 4) is 12.3 Å². The maximum Gasteiger partial charge on any atom is 0.240 e. The van der Waals surface area contributed by atoms with Gasteiger partial charge in [-0.25, -0.2) is 13.1 Å². The molecule has 0 unspecified atom stereocenters. The van der Waals surface area contributed by atoms with Crippen molar-refractivity contribution < 1.29 is 13.2 Å². The van der Waals surface area contributed by atoms with E-state index in [0.29, 0.717) is 38.8 Å². The normalized spacial score (nSPS) is 18.2. The van der Waals surface area contributed by atoms with E-state index in [9.17, 15) is 13.2 Å². The second-order valence-corrected chi connectivity index (χ2v) is 8.53. The number of carbonyl (C=O) groups is 1. The van der Waals surface area contributed by atoms with Crippen LogP contribution in [0.25, 0.3) is 0 Å². The molecule has 0 spiro atoms. The molecule has 1 amide bonds. The molecule has 0 aliphatic carbocycles. The van der Waals surface area contributed by atoms with Crippen molar-refractivity contribution in [3.05, 3.63) is 29.8 Å². The number of terminal acetylenes is 1. The molecule has 1 aromatic carbocycles. The van der Waals surface area contributed by atoms with Crippen molar-refractivity contribution in [1.82, 2.24) is 9.62 Å². The predicted molar refractivity (Wildman–Crippen MR) is 96.8 cm³/mol. The van der Waals surface area contributed by atoms with Crippen molar-refractivity contribution in [2.75, 3.05) is 13.1 Å². The monoisotopic (exact) mass is 374 g/mol. The van der Waals surface area contributed by atoms with Gasteiger partial charge in [0.25, 0.3) is 0 Å². The Hall–Kier alpha value is -2.24. The van der Waals surface area contributed by atoms with E-state index in [2.05, 4.69) is 20.9 Å². The minimum atomic E-state index is -3.56.